The number of aryl methyl sites for hydroxylation is 1. The van der Waals surface area contributed by atoms with Gasteiger partial charge in [-0.25, -0.2) is 0 Å². The number of fused-ring (bicyclic) bond motifs is 1. The third-order valence-corrected chi connectivity index (χ3v) is 5.52. The summed E-state index contributed by atoms with van der Waals surface area (Å²) >= 11 is 0. The summed E-state index contributed by atoms with van der Waals surface area (Å²) in [6.45, 7) is 8.51. The summed E-state index contributed by atoms with van der Waals surface area (Å²) < 4.78 is 5.85. The van der Waals surface area contributed by atoms with Crippen LogP contribution in [-0.2, 0) is 11.2 Å². The minimum Gasteiger partial charge on any atom is -0.381 e. The molecule has 0 aliphatic heterocycles. The molecule has 1 atom stereocenters. The van der Waals surface area contributed by atoms with Gasteiger partial charge in [-0.2, -0.15) is 5.10 Å². The van der Waals surface area contributed by atoms with Crippen LogP contribution in [0.15, 0.2) is 0 Å². The third kappa shape index (κ3) is 3.70. The molecule has 0 aromatic carbocycles. The number of carbonyl (C=O) groups excluding carboxylic acids is 1. The first-order chi connectivity index (χ1) is 9.38. The van der Waals surface area contributed by atoms with Crippen LogP contribution in [0.5, 0.6) is 0 Å². The van der Waals surface area contributed by atoms with Crippen molar-refractivity contribution in [2.75, 3.05) is 13.2 Å². The van der Waals surface area contributed by atoms with Crippen molar-refractivity contribution in [2.24, 2.45) is 5.73 Å². The topological polar surface area (TPSA) is 81.0 Å². The lowest BCUT2D eigenvalue weighted by atomic mass is 9.85. The van der Waals surface area contributed by atoms with Crippen LogP contribution in [0.3, 0.4) is 0 Å². The van der Waals surface area contributed by atoms with Crippen molar-refractivity contribution < 1.29 is 9.53 Å². The van der Waals surface area contributed by atoms with Crippen molar-refractivity contribution >= 4 is 14.0 Å². The van der Waals surface area contributed by atoms with Crippen LogP contribution in [0.1, 0.15) is 40.5 Å². The molecule has 20 heavy (non-hydrogen) atoms. The smallest absolute Gasteiger partial charge is 0.269 e. The number of aromatic amines is 1. The second kappa shape index (κ2) is 6.09. The minimum atomic E-state index is -1.05. The fraction of sp³-hybridized carbons (Fsp3) is 0.714. The van der Waals surface area contributed by atoms with Crippen LogP contribution in [0.4, 0.5) is 0 Å². The Bertz CT molecular complexity index is 479. The average molecular weight is 295 g/mol. The van der Waals surface area contributed by atoms with Crippen LogP contribution in [-0.4, -0.2) is 37.4 Å². The number of ether oxygens (including phenoxy) is 1. The van der Waals surface area contributed by atoms with Gasteiger partial charge in [-0.3, -0.25) is 9.89 Å². The van der Waals surface area contributed by atoms with Gasteiger partial charge in [-0.1, -0.05) is 19.6 Å². The van der Waals surface area contributed by atoms with Crippen LogP contribution in [0, 0.1) is 0 Å². The molecule has 0 fully saturated rings. The first kappa shape index (κ1) is 15.2. The third-order valence-electron chi connectivity index (χ3n) is 3.82. The number of rotatable bonds is 6. The van der Waals surface area contributed by atoms with E-state index in [0.29, 0.717) is 12.3 Å². The zero-order valence-electron chi connectivity index (χ0n) is 12.7. The Kier molecular flexibility index (Phi) is 4.65. The molecule has 1 amide bonds. The summed E-state index contributed by atoms with van der Waals surface area (Å²) in [4.78, 5) is 11.4. The fourth-order valence-corrected chi connectivity index (χ4v) is 3.40. The van der Waals surface area contributed by atoms with Crippen molar-refractivity contribution in [2.45, 2.75) is 50.9 Å². The zero-order valence-corrected chi connectivity index (χ0v) is 13.7. The van der Waals surface area contributed by atoms with E-state index in [9.17, 15) is 4.79 Å². The van der Waals surface area contributed by atoms with Crippen LogP contribution in [0.25, 0.3) is 0 Å². The lowest BCUT2D eigenvalue weighted by Gasteiger charge is -2.23. The molecule has 6 heteroatoms. The highest BCUT2D eigenvalue weighted by atomic mass is 28.3. The molecule has 3 N–H and O–H groups in total. The van der Waals surface area contributed by atoms with Crippen molar-refractivity contribution in [1.29, 1.82) is 0 Å². The lowest BCUT2D eigenvalue weighted by Crippen LogP contribution is -2.24. The number of hydrogen-bond acceptors (Lipinski definition) is 3. The number of hydrogen-bond donors (Lipinski definition) is 2. The molecule has 112 valence electrons. The molecule has 1 unspecified atom stereocenters. The molecule has 1 aromatic heterocycles. The number of carbonyl (C=O) groups is 1. The Morgan fingerprint density at radius 2 is 2.25 bits per heavy atom. The van der Waals surface area contributed by atoms with E-state index in [2.05, 4.69) is 29.8 Å². The minimum absolute atomic E-state index is 0.252. The number of aromatic nitrogens is 2. The van der Waals surface area contributed by atoms with Crippen molar-refractivity contribution in [3.05, 3.63) is 17.0 Å². The molecule has 5 nitrogen and oxygen atoms in total. The number of primary amides is 1. The van der Waals surface area contributed by atoms with Gasteiger partial charge in [0, 0.05) is 31.9 Å². The number of amides is 1. The molecule has 0 spiro atoms. The van der Waals surface area contributed by atoms with E-state index in [1.165, 1.54) is 6.04 Å². The van der Waals surface area contributed by atoms with E-state index >= 15 is 0 Å². The predicted octanol–water partition coefficient (Wildman–Crippen LogP) is 2.28. The van der Waals surface area contributed by atoms with Gasteiger partial charge in [-0.05, 0) is 25.3 Å². The van der Waals surface area contributed by atoms with E-state index in [4.69, 9.17) is 10.5 Å². The van der Waals surface area contributed by atoms with Gasteiger partial charge in [0.15, 0.2) is 5.69 Å². The molecule has 1 heterocycles. The Hall–Kier alpha value is -1.14. The maximum Gasteiger partial charge on any atom is 0.269 e. The van der Waals surface area contributed by atoms with Gasteiger partial charge in [-0.15, -0.1) is 0 Å². The van der Waals surface area contributed by atoms with E-state index in [1.54, 1.807) is 0 Å². The summed E-state index contributed by atoms with van der Waals surface area (Å²) in [6.07, 6.45) is 3.09. The summed E-state index contributed by atoms with van der Waals surface area (Å²) in [5, 5.41) is 7.02. The number of H-pyrrole nitrogens is 1. The molecule has 0 bridgehead atoms. The maximum atomic E-state index is 11.4. The lowest BCUT2D eigenvalue weighted by molar-refractivity contribution is 0.0990. The van der Waals surface area contributed by atoms with Crippen molar-refractivity contribution in [1.82, 2.24) is 10.2 Å². The summed E-state index contributed by atoms with van der Waals surface area (Å²) in [6, 6.07) is 1.17. The first-order valence-electron chi connectivity index (χ1n) is 7.33. The molecule has 0 saturated heterocycles. The fourth-order valence-electron chi connectivity index (χ4n) is 2.65. The quantitative estimate of drug-likeness (QED) is 0.624. The Morgan fingerprint density at radius 1 is 1.50 bits per heavy atom. The molecule has 0 saturated carbocycles. The van der Waals surface area contributed by atoms with Gasteiger partial charge in [0.25, 0.3) is 5.91 Å². The molecule has 1 aliphatic rings. The Morgan fingerprint density at radius 3 is 2.90 bits per heavy atom. The van der Waals surface area contributed by atoms with Crippen LogP contribution >= 0.6 is 0 Å². The number of nitrogens with zero attached hydrogens (tertiary/aromatic N) is 1. The van der Waals surface area contributed by atoms with Gasteiger partial charge < -0.3 is 10.5 Å². The molecule has 1 aromatic rings. The average Bonchev–Trinajstić information content (AvgIpc) is 2.78. The zero-order chi connectivity index (χ0) is 14.8. The second-order valence-electron chi connectivity index (χ2n) is 6.80. The molecule has 0 radical (unpaired) electrons. The molecular weight excluding hydrogens is 270 g/mol. The monoisotopic (exact) mass is 295 g/mol. The maximum absolute atomic E-state index is 11.4. The number of nitrogens with two attached hydrogens (primary N) is 1. The molecular formula is C14H25N3O2Si. The van der Waals surface area contributed by atoms with E-state index in [-0.39, 0.29) is 5.92 Å². The highest BCUT2D eigenvalue weighted by Crippen LogP contribution is 2.33. The van der Waals surface area contributed by atoms with Crippen LogP contribution < -0.4 is 5.73 Å². The van der Waals surface area contributed by atoms with Gasteiger partial charge in [0.05, 0.1) is 6.61 Å². The van der Waals surface area contributed by atoms with E-state index < -0.39 is 14.0 Å². The largest absolute Gasteiger partial charge is 0.381 e. The standard InChI is InChI=1S/C14H25N3O2Si/c1-20(2,3)8-7-19-9-10-5-4-6-11-12(10)13(14(15)18)17-16-11/h10H,4-9H2,1-3H3,(H2,15,18)(H,16,17). The van der Waals surface area contributed by atoms with E-state index in [1.807, 2.05) is 0 Å². The van der Waals surface area contributed by atoms with Gasteiger partial charge >= 0.3 is 0 Å². The Labute approximate surface area is 121 Å². The highest BCUT2D eigenvalue weighted by Gasteiger charge is 2.28. The molecule has 2 rings (SSSR count). The molecule has 1 aliphatic carbocycles. The predicted molar refractivity (Wildman–Crippen MR) is 81.8 cm³/mol. The normalized spacial score (nSPS) is 18.9. The summed E-state index contributed by atoms with van der Waals surface area (Å²) in [5.41, 5.74) is 7.86. The summed E-state index contributed by atoms with van der Waals surface area (Å²) in [7, 11) is -1.05. The van der Waals surface area contributed by atoms with Gasteiger partial charge in [0.1, 0.15) is 0 Å². The van der Waals surface area contributed by atoms with Crippen molar-refractivity contribution in [3.63, 3.8) is 0 Å². The first-order valence-corrected chi connectivity index (χ1v) is 11.0. The Balaban J connectivity index is 1.98. The van der Waals surface area contributed by atoms with Gasteiger partial charge in [0.2, 0.25) is 0 Å². The van der Waals surface area contributed by atoms with Crippen molar-refractivity contribution in [3.8, 4) is 0 Å². The van der Waals surface area contributed by atoms with Crippen LogP contribution in [0.2, 0.25) is 25.7 Å². The number of nitrogens with one attached hydrogen (secondary N) is 1. The second-order valence-corrected chi connectivity index (χ2v) is 12.4. The SMILES string of the molecule is C[Si](C)(C)CCOCC1CCCc2[nH]nc(C(N)=O)c21. The summed E-state index contributed by atoms with van der Waals surface area (Å²) in [5.74, 6) is -0.196. The van der Waals surface area contributed by atoms with E-state index in [0.717, 1.165) is 37.1 Å². The highest BCUT2D eigenvalue weighted by molar-refractivity contribution is 6.76.